The number of allylic oxidation sites excluding steroid dienone is 3. The van der Waals surface area contributed by atoms with E-state index in [1.54, 1.807) is 0 Å². The Morgan fingerprint density at radius 2 is 2.27 bits per heavy atom. The van der Waals surface area contributed by atoms with Gasteiger partial charge in [0.25, 0.3) is 0 Å². The van der Waals surface area contributed by atoms with Crippen LogP contribution in [0.1, 0.15) is 26.2 Å². The second-order valence-electron chi connectivity index (χ2n) is 4.49. The molecule has 82 valence electrons. The van der Waals surface area contributed by atoms with Crippen molar-refractivity contribution in [2.24, 2.45) is 17.8 Å². The van der Waals surface area contributed by atoms with E-state index < -0.39 is 0 Å². The summed E-state index contributed by atoms with van der Waals surface area (Å²) < 4.78 is 4.90. The van der Waals surface area contributed by atoms with E-state index in [1.165, 1.54) is 25.5 Å². The molecule has 0 spiro atoms. The number of rotatable bonds is 1. The van der Waals surface area contributed by atoms with Gasteiger partial charge in [0.1, 0.15) is 0 Å². The van der Waals surface area contributed by atoms with Crippen molar-refractivity contribution in [3.63, 3.8) is 0 Å². The molecule has 0 radical (unpaired) electrons. The minimum Gasteiger partial charge on any atom is -0.469 e. The van der Waals surface area contributed by atoms with E-state index >= 15 is 0 Å². The molecule has 0 bridgehead atoms. The maximum absolute atomic E-state index is 11.7. The van der Waals surface area contributed by atoms with Crippen LogP contribution in [0.5, 0.6) is 0 Å². The standard InChI is InChI=1S/C13H18O2/c1-9-7-8-10-5-3-4-6-11(10)12(9)13(14)15-2/h6-10,12H,3-5H2,1-2H3/t9-,10+,12-/m1/s1. The fourth-order valence-electron chi connectivity index (χ4n) is 2.69. The van der Waals surface area contributed by atoms with Crippen molar-refractivity contribution in [3.05, 3.63) is 23.8 Å². The Balaban J connectivity index is 2.30. The predicted molar refractivity (Wildman–Crippen MR) is 59.2 cm³/mol. The van der Waals surface area contributed by atoms with Gasteiger partial charge in [0.2, 0.25) is 0 Å². The maximum atomic E-state index is 11.7. The van der Waals surface area contributed by atoms with Gasteiger partial charge in [-0.1, -0.05) is 30.7 Å². The molecule has 0 amide bonds. The highest BCUT2D eigenvalue weighted by Gasteiger charge is 2.35. The Labute approximate surface area is 91.0 Å². The summed E-state index contributed by atoms with van der Waals surface area (Å²) in [6, 6.07) is 0. The summed E-state index contributed by atoms with van der Waals surface area (Å²) >= 11 is 0. The number of carbonyl (C=O) groups excluding carboxylic acids is 1. The first kappa shape index (κ1) is 10.5. The minimum absolute atomic E-state index is 0.0368. The van der Waals surface area contributed by atoms with Gasteiger partial charge in [-0.3, -0.25) is 4.79 Å². The van der Waals surface area contributed by atoms with Crippen LogP contribution < -0.4 is 0 Å². The van der Waals surface area contributed by atoms with Crippen molar-refractivity contribution >= 4 is 5.97 Å². The Kier molecular flexibility index (Phi) is 2.94. The largest absolute Gasteiger partial charge is 0.469 e. The van der Waals surface area contributed by atoms with E-state index in [-0.39, 0.29) is 17.8 Å². The zero-order valence-corrected chi connectivity index (χ0v) is 9.40. The molecule has 0 fully saturated rings. The highest BCUT2D eigenvalue weighted by molar-refractivity contribution is 5.77. The molecule has 0 aromatic heterocycles. The zero-order chi connectivity index (χ0) is 10.8. The first-order valence-corrected chi connectivity index (χ1v) is 5.70. The van der Waals surface area contributed by atoms with Gasteiger partial charge in [0.05, 0.1) is 13.0 Å². The molecule has 2 heteroatoms. The summed E-state index contributed by atoms with van der Waals surface area (Å²) in [5, 5.41) is 0. The fraction of sp³-hybridized carbons (Fsp3) is 0.615. The van der Waals surface area contributed by atoms with E-state index in [9.17, 15) is 4.79 Å². The third-order valence-corrected chi connectivity index (χ3v) is 3.51. The first-order chi connectivity index (χ1) is 7.24. The smallest absolute Gasteiger partial charge is 0.313 e. The Morgan fingerprint density at radius 3 is 3.00 bits per heavy atom. The third kappa shape index (κ3) is 1.85. The van der Waals surface area contributed by atoms with Gasteiger partial charge in [-0.15, -0.1) is 0 Å². The molecule has 0 aromatic rings. The normalized spacial score (nSPS) is 34.3. The van der Waals surface area contributed by atoms with Crippen LogP contribution in [-0.4, -0.2) is 13.1 Å². The quantitative estimate of drug-likeness (QED) is 0.487. The van der Waals surface area contributed by atoms with Crippen LogP contribution in [-0.2, 0) is 9.53 Å². The van der Waals surface area contributed by atoms with E-state index in [0.29, 0.717) is 5.92 Å². The molecule has 0 heterocycles. The van der Waals surface area contributed by atoms with Crippen LogP contribution in [0.25, 0.3) is 0 Å². The monoisotopic (exact) mass is 206 g/mol. The third-order valence-electron chi connectivity index (χ3n) is 3.51. The highest BCUT2D eigenvalue weighted by Crippen LogP contribution is 2.39. The molecule has 0 unspecified atom stereocenters. The van der Waals surface area contributed by atoms with E-state index in [4.69, 9.17) is 4.74 Å². The van der Waals surface area contributed by atoms with Gasteiger partial charge in [0.15, 0.2) is 0 Å². The van der Waals surface area contributed by atoms with Crippen LogP contribution >= 0.6 is 0 Å². The summed E-state index contributed by atoms with van der Waals surface area (Å²) in [7, 11) is 1.48. The average Bonchev–Trinajstić information content (AvgIpc) is 2.28. The lowest BCUT2D eigenvalue weighted by molar-refractivity contribution is -0.145. The molecular weight excluding hydrogens is 188 g/mol. The number of carbonyl (C=O) groups is 1. The van der Waals surface area contributed by atoms with E-state index in [2.05, 4.69) is 25.2 Å². The Hall–Kier alpha value is -1.05. The van der Waals surface area contributed by atoms with Crippen LogP contribution in [0.2, 0.25) is 0 Å². The van der Waals surface area contributed by atoms with Gasteiger partial charge in [0, 0.05) is 0 Å². The molecule has 2 nitrogen and oxygen atoms in total. The summed E-state index contributed by atoms with van der Waals surface area (Å²) in [4.78, 5) is 11.7. The van der Waals surface area contributed by atoms with E-state index in [0.717, 1.165) is 6.42 Å². The molecule has 0 saturated heterocycles. The van der Waals surface area contributed by atoms with Gasteiger partial charge in [-0.2, -0.15) is 0 Å². The van der Waals surface area contributed by atoms with Crippen LogP contribution in [0.4, 0.5) is 0 Å². The molecule has 2 aliphatic carbocycles. The van der Waals surface area contributed by atoms with Gasteiger partial charge < -0.3 is 4.74 Å². The average molecular weight is 206 g/mol. The molecule has 0 N–H and O–H groups in total. The van der Waals surface area contributed by atoms with Gasteiger partial charge in [-0.25, -0.2) is 0 Å². The van der Waals surface area contributed by atoms with Crippen molar-refractivity contribution < 1.29 is 9.53 Å². The highest BCUT2D eigenvalue weighted by atomic mass is 16.5. The molecule has 0 aliphatic heterocycles. The first-order valence-electron chi connectivity index (χ1n) is 5.70. The van der Waals surface area contributed by atoms with Crippen LogP contribution in [0.3, 0.4) is 0 Å². The van der Waals surface area contributed by atoms with Crippen molar-refractivity contribution in [3.8, 4) is 0 Å². The topological polar surface area (TPSA) is 26.3 Å². The molecule has 15 heavy (non-hydrogen) atoms. The Bertz CT molecular complexity index is 314. The maximum Gasteiger partial charge on any atom is 0.313 e. The predicted octanol–water partition coefficient (Wildman–Crippen LogP) is 2.71. The summed E-state index contributed by atoms with van der Waals surface area (Å²) in [5.74, 6) is 0.646. The van der Waals surface area contributed by atoms with Gasteiger partial charge in [-0.05, 0) is 31.1 Å². The van der Waals surface area contributed by atoms with E-state index in [1.807, 2.05) is 0 Å². The second kappa shape index (κ2) is 4.21. The number of hydrogen-bond donors (Lipinski definition) is 0. The lowest BCUT2D eigenvalue weighted by Gasteiger charge is -2.33. The van der Waals surface area contributed by atoms with Gasteiger partial charge >= 0.3 is 5.97 Å². The molecule has 3 atom stereocenters. The summed E-state index contributed by atoms with van der Waals surface area (Å²) in [6.45, 7) is 2.09. The zero-order valence-electron chi connectivity index (χ0n) is 9.40. The summed E-state index contributed by atoms with van der Waals surface area (Å²) in [5.41, 5.74) is 1.29. The lowest BCUT2D eigenvalue weighted by Crippen LogP contribution is -2.31. The number of methoxy groups -OCH3 is 1. The molecule has 0 saturated carbocycles. The van der Waals surface area contributed by atoms with Crippen molar-refractivity contribution in [2.75, 3.05) is 7.11 Å². The molecule has 2 aliphatic rings. The Morgan fingerprint density at radius 1 is 1.47 bits per heavy atom. The number of hydrogen-bond acceptors (Lipinski definition) is 2. The molecular formula is C13H18O2. The number of esters is 1. The number of ether oxygens (including phenoxy) is 1. The van der Waals surface area contributed by atoms with Crippen LogP contribution in [0, 0.1) is 17.8 Å². The number of fused-ring (bicyclic) bond motifs is 1. The SMILES string of the molecule is COC(=O)[C@H]1C2=CCCC[C@H]2C=C[C@H]1C. The van der Waals surface area contributed by atoms with Crippen molar-refractivity contribution in [1.29, 1.82) is 0 Å². The van der Waals surface area contributed by atoms with Crippen molar-refractivity contribution in [2.45, 2.75) is 26.2 Å². The molecule has 2 rings (SSSR count). The fourth-order valence-corrected chi connectivity index (χ4v) is 2.69. The minimum atomic E-state index is -0.0787. The molecule has 0 aromatic carbocycles. The van der Waals surface area contributed by atoms with Crippen LogP contribution in [0.15, 0.2) is 23.8 Å². The van der Waals surface area contributed by atoms with Crippen molar-refractivity contribution in [1.82, 2.24) is 0 Å². The second-order valence-corrected chi connectivity index (χ2v) is 4.49. The summed E-state index contributed by atoms with van der Waals surface area (Å²) in [6.07, 6.45) is 10.2. The lowest BCUT2D eigenvalue weighted by atomic mass is 9.71.